The molecule has 0 aromatic heterocycles. The predicted molar refractivity (Wildman–Crippen MR) is 128 cm³/mol. The largest absolute Gasteiger partial charge is 0.493 e. The van der Waals surface area contributed by atoms with Crippen LogP contribution in [0, 0.1) is 11.7 Å². The van der Waals surface area contributed by atoms with E-state index < -0.39 is 5.60 Å². The third-order valence-electron chi connectivity index (χ3n) is 7.17. The number of amides is 1. The first-order valence-corrected chi connectivity index (χ1v) is 11.7. The molecule has 1 N–H and O–H groups in total. The van der Waals surface area contributed by atoms with E-state index in [2.05, 4.69) is 0 Å². The van der Waals surface area contributed by atoms with Gasteiger partial charge in [0.05, 0.1) is 33.0 Å². The lowest BCUT2D eigenvalue weighted by Gasteiger charge is -2.52. The van der Waals surface area contributed by atoms with Crippen molar-refractivity contribution in [1.29, 1.82) is 0 Å². The third kappa shape index (κ3) is 4.62. The number of nitrogens with zero attached hydrogens (tertiary/aromatic N) is 1. The number of hydrogen-bond donors (Lipinski definition) is 1. The summed E-state index contributed by atoms with van der Waals surface area (Å²) in [6, 6.07) is 9.53. The van der Waals surface area contributed by atoms with Crippen molar-refractivity contribution in [2.75, 3.05) is 27.9 Å². The molecule has 34 heavy (non-hydrogen) atoms. The molecule has 1 aliphatic carbocycles. The van der Waals surface area contributed by atoms with Gasteiger partial charge in [0, 0.05) is 18.5 Å². The number of piperidine rings is 1. The summed E-state index contributed by atoms with van der Waals surface area (Å²) in [5, 5.41) is 11.4. The second kappa shape index (κ2) is 10.1. The van der Waals surface area contributed by atoms with Crippen LogP contribution in [0.2, 0.25) is 0 Å². The van der Waals surface area contributed by atoms with Crippen molar-refractivity contribution in [3.05, 3.63) is 59.4 Å². The normalized spacial score (nSPS) is 24.6. The Hall–Kier alpha value is -3.06. The van der Waals surface area contributed by atoms with Gasteiger partial charge in [0.1, 0.15) is 5.82 Å². The highest BCUT2D eigenvalue weighted by atomic mass is 19.1. The summed E-state index contributed by atoms with van der Waals surface area (Å²) in [6.07, 6.45) is 7.35. The van der Waals surface area contributed by atoms with Gasteiger partial charge in [0.25, 0.3) is 0 Å². The minimum atomic E-state index is -0.797. The number of ether oxygens (including phenoxy) is 3. The summed E-state index contributed by atoms with van der Waals surface area (Å²) < 4.78 is 29.8. The Bertz CT molecular complexity index is 1030. The molecule has 0 bridgehead atoms. The van der Waals surface area contributed by atoms with Crippen LogP contribution in [0.15, 0.2) is 42.5 Å². The Labute approximate surface area is 199 Å². The van der Waals surface area contributed by atoms with Crippen molar-refractivity contribution in [2.24, 2.45) is 5.92 Å². The molecular formula is C27H32FNO5. The first-order chi connectivity index (χ1) is 16.4. The van der Waals surface area contributed by atoms with Gasteiger partial charge in [0.2, 0.25) is 11.7 Å². The van der Waals surface area contributed by atoms with Crippen LogP contribution >= 0.6 is 0 Å². The van der Waals surface area contributed by atoms with E-state index in [1.54, 1.807) is 44.6 Å². The molecule has 0 unspecified atom stereocenters. The highest BCUT2D eigenvalue weighted by Gasteiger charge is 2.49. The first kappa shape index (κ1) is 24.1. The fraction of sp³-hybridized carbons (Fsp3) is 0.444. The van der Waals surface area contributed by atoms with Gasteiger partial charge in [-0.3, -0.25) is 4.79 Å². The summed E-state index contributed by atoms with van der Waals surface area (Å²) in [5.41, 5.74) is 0.780. The summed E-state index contributed by atoms with van der Waals surface area (Å²) in [6.45, 7) is 0.438. The van der Waals surface area contributed by atoms with E-state index in [1.165, 1.54) is 25.3 Å². The number of hydrogen-bond acceptors (Lipinski definition) is 5. The highest BCUT2D eigenvalue weighted by molar-refractivity contribution is 5.92. The average Bonchev–Trinajstić information content (AvgIpc) is 2.86. The maximum Gasteiger partial charge on any atom is 0.247 e. The molecule has 2 aliphatic rings. The maximum absolute atomic E-state index is 13.6. The molecule has 3 atom stereocenters. The van der Waals surface area contributed by atoms with Crippen LogP contribution in [0.4, 0.5) is 4.39 Å². The number of rotatable bonds is 6. The standard InChI is InChI=1S/C27H32FNO5/c1-32-22-16-18(17-23(33-2)26(22)34-3)7-12-24(30)29-15-14-27(31)13-5-4-6-21(27)25(29)19-8-10-20(28)11-9-19/h7-12,16-17,21,25,31H,4-6,13-15H2,1-3H3/b12-7+/t21-,25+,27-/m1/s1. The van der Waals surface area contributed by atoms with Crippen molar-refractivity contribution in [3.8, 4) is 17.2 Å². The van der Waals surface area contributed by atoms with Crippen LogP contribution in [-0.2, 0) is 4.79 Å². The molecular weight excluding hydrogens is 437 g/mol. The van der Waals surface area contributed by atoms with Crippen molar-refractivity contribution < 1.29 is 28.5 Å². The van der Waals surface area contributed by atoms with Crippen molar-refractivity contribution in [1.82, 2.24) is 4.90 Å². The van der Waals surface area contributed by atoms with E-state index in [9.17, 15) is 14.3 Å². The molecule has 1 aliphatic heterocycles. The summed E-state index contributed by atoms with van der Waals surface area (Å²) in [4.78, 5) is 15.2. The summed E-state index contributed by atoms with van der Waals surface area (Å²) >= 11 is 0. The number of carbonyl (C=O) groups is 1. The lowest BCUT2D eigenvalue weighted by Crippen LogP contribution is -2.56. The number of halogens is 1. The van der Waals surface area contributed by atoms with E-state index in [0.717, 1.165) is 36.8 Å². The Morgan fingerprint density at radius 3 is 2.35 bits per heavy atom. The zero-order valence-corrected chi connectivity index (χ0v) is 19.9. The summed E-state index contributed by atoms with van der Waals surface area (Å²) in [5.74, 6) is 0.928. The Balaban J connectivity index is 1.65. The lowest BCUT2D eigenvalue weighted by atomic mass is 9.66. The van der Waals surface area contributed by atoms with Gasteiger partial charge in [0.15, 0.2) is 11.5 Å². The molecule has 6 nitrogen and oxygen atoms in total. The first-order valence-electron chi connectivity index (χ1n) is 11.7. The number of aliphatic hydroxyl groups is 1. The maximum atomic E-state index is 13.6. The average molecular weight is 470 g/mol. The summed E-state index contributed by atoms with van der Waals surface area (Å²) in [7, 11) is 4.63. The van der Waals surface area contributed by atoms with Crippen LogP contribution < -0.4 is 14.2 Å². The van der Waals surface area contributed by atoms with Gasteiger partial charge < -0.3 is 24.2 Å². The van der Waals surface area contributed by atoms with Crippen LogP contribution in [0.5, 0.6) is 17.2 Å². The highest BCUT2D eigenvalue weighted by Crippen LogP contribution is 2.49. The minimum Gasteiger partial charge on any atom is -0.493 e. The fourth-order valence-electron chi connectivity index (χ4n) is 5.46. The predicted octanol–water partition coefficient (Wildman–Crippen LogP) is 4.76. The molecule has 0 radical (unpaired) electrons. The van der Waals surface area contributed by atoms with E-state index >= 15 is 0 Å². The monoisotopic (exact) mass is 469 g/mol. The van der Waals surface area contributed by atoms with Gasteiger partial charge in [-0.2, -0.15) is 0 Å². The van der Waals surface area contributed by atoms with Gasteiger partial charge in [-0.1, -0.05) is 25.0 Å². The van der Waals surface area contributed by atoms with Gasteiger partial charge >= 0.3 is 0 Å². The van der Waals surface area contributed by atoms with Crippen molar-refractivity contribution in [2.45, 2.75) is 43.7 Å². The number of carbonyl (C=O) groups excluding carboxylic acids is 1. The van der Waals surface area contributed by atoms with Crippen LogP contribution in [0.25, 0.3) is 6.08 Å². The Morgan fingerprint density at radius 1 is 1.06 bits per heavy atom. The second-order valence-corrected chi connectivity index (χ2v) is 9.03. The van der Waals surface area contributed by atoms with E-state index in [-0.39, 0.29) is 23.7 Å². The smallest absolute Gasteiger partial charge is 0.247 e. The quantitative estimate of drug-likeness (QED) is 0.618. The van der Waals surface area contributed by atoms with Crippen LogP contribution in [-0.4, -0.2) is 49.4 Å². The van der Waals surface area contributed by atoms with E-state index in [0.29, 0.717) is 30.2 Å². The number of methoxy groups -OCH3 is 3. The molecule has 182 valence electrons. The number of likely N-dealkylation sites (tertiary alicyclic amines) is 1. The number of fused-ring (bicyclic) bond motifs is 1. The molecule has 1 saturated carbocycles. The number of benzene rings is 2. The molecule has 1 saturated heterocycles. The van der Waals surface area contributed by atoms with E-state index in [4.69, 9.17) is 14.2 Å². The Kier molecular flexibility index (Phi) is 7.12. The van der Waals surface area contributed by atoms with E-state index in [1.807, 2.05) is 4.90 Å². The second-order valence-electron chi connectivity index (χ2n) is 9.03. The zero-order chi connectivity index (χ0) is 24.3. The molecule has 2 fully saturated rings. The van der Waals surface area contributed by atoms with Crippen molar-refractivity contribution in [3.63, 3.8) is 0 Å². The molecule has 0 spiro atoms. The van der Waals surface area contributed by atoms with Crippen LogP contribution in [0.3, 0.4) is 0 Å². The SMILES string of the molecule is COc1cc(/C=C/C(=O)N2CC[C@]3(O)CCCC[C@@H]3[C@@H]2c2ccc(F)cc2)cc(OC)c1OC. The lowest BCUT2D eigenvalue weighted by molar-refractivity contribution is -0.150. The molecule has 2 aromatic carbocycles. The van der Waals surface area contributed by atoms with Gasteiger partial charge in [-0.15, -0.1) is 0 Å². The minimum absolute atomic E-state index is 0.0843. The topological polar surface area (TPSA) is 68.2 Å². The Morgan fingerprint density at radius 2 is 1.74 bits per heavy atom. The van der Waals surface area contributed by atoms with Crippen molar-refractivity contribution >= 4 is 12.0 Å². The molecule has 7 heteroatoms. The van der Waals surface area contributed by atoms with Gasteiger partial charge in [-0.25, -0.2) is 4.39 Å². The molecule has 2 aromatic rings. The fourth-order valence-corrected chi connectivity index (χ4v) is 5.46. The molecule has 1 heterocycles. The molecule has 1 amide bonds. The van der Waals surface area contributed by atoms with Crippen LogP contribution in [0.1, 0.15) is 49.3 Å². The zero-order valence-electron chi connectivity index (χ0n) is 19.9. The van der Waals surface area contributed by atoms with Gasteiger partial charge in [-0.05, 0) is 60.7 Å². The third-order valence-corrected chi connectivity index (χ3v) is 7.17. The molecule has 4 rings (SSSR count).